The van der Waals surface area contributed by atoms with Crippen molar-refractivity contribution in [2.24, 2.45) is 0 Å². The van der Waals surface area contributed by atoms with E-state index in [9.17, 15) is 9.59 Å². The van der Waals surface area contributed by atoms with Crippen molar-refractivity contribution in [3.63, 3.8) is 0 Å². The van der Waals surface area contributed by atoms with Gasteiger partial charge in [-0.15, -0.1) is 0 Å². The van der Waals surface area contributed by atoms with Crippen LogP contribution in [0.15, 0.2) is 96.2 Å². The quantitative estimate of drug-likeness (QED) is 0.529. The monoisotopic (exact) mass is 403 g/mol. The fraction of sp³-hybridized carbons (Fsp3) is 0.0435. The molecule has 5 nitrogen and oxygen atoms in total. The van der Waals surface area contributed by atoms with Crippen LogP contribution in [0.2, 0.25) is 5.02 Å². The van der Waals surface area contributed by atoms with E-state index in [1.54, 1.807) is 30.5 Å². The van der Waals surface area contributed by atoms with E-state index in [-0.39, 0.29) is 11.1 Å². The predicted molar refractivity (Wildman–Crippen MR) is 115 cm³/mol. The van der Waals surface area contributed by atoms with Crippen LogP contribution in [0.25, 0.3) is 5.69 Å². The van der Waals surface area contributed by atoms with Crippen molar-refractivity contribution in [2.45, 2.75) is 6.54 Å². The minimum absolute atomic E-state index is 0.0804. The Morgan fingerprint density at radius 1 is 0.897 bits per heavy atom. The van der Waals surface area contributed by atoms with Gasteiger partial charge in [-0.1, -0.05) is 41.9 Å². The highest BCUT2D eigenvalue weighted by atomic mass is 35.5. The number of carbonyl (C=O) groups excluding carboxylic acids is 1. The third-order valence-electron chi connectivity index (χ3n) is 4.55. The van der Waals surface area contributed by atoms with Crippen molar-refractivity contribution >= 4 is 23.2 Å². The van der Waals surface area contributed by atoms with Crippen LogP contribution < -0.4 is 10.9 Å². The van der Waals surface area contributed by atoms with Gasteiger partial charge < -0.3 is 14.5 Å². The Morgan fingerprint density at radius 3 is 2.41 bits per heavy atom. The van der Waals surface area contributed by atoms with Crippen LogP contribution in [0.3, 0.4) is 0 Å². The second kappa shape index (κ2) is 8.20. The smallest absolute Gasteiger partial charge is 0.263 e. The lowest BCUT2D eigenvalue weighted by molar-refractivity contribution is 0.102. The molecule has 2 heterocycles. The maximum absolute atomic E-state index is 12.9. The summed E-state index contributed by atoms with van der Waals surface area (Å²) < 4.78 is 3.37. The average molecular weight is 404 g/mol. The zero-order chi connectivity index (χ0) is 20.2. The summed E-state index contributed by atoms with van der Waals surface area (Å²) >= 11 is 6.13. The lowest BCUT2D eigenvalue weighted by atomic mass is 10.2. The number of anilines is 1. The van der Waals surface area contributed by atoms with Gasteiger partial charge in [0.25, 0.3) is 11.5 Å². The molecule has 0 unspecified atom stereocenters. The summed E-state index contributed by atoms with van der Waals surface area (Å²) in [6, 6.07) is 21.8. The standard InChI is InChI=1S/C23H18ClN3O2/c24-18-10-11-20(21(15-18)26-12-4-5-13-26)25-22(28)19-9-6-14-27(23(19)29)16-17-7-2-1-3-8-17/h1-15H,16H2,(H,25,28). The Morgan fingerprint density at radius 2 is 1.66 bits per heavy atom. The van der Waals surface area contributed by atoms with Gasteiger partial charge in [-0.2, -0.15) is 0 Å². The van der Waals surface area contributed by atoms with Gasteiger partial charge in [0, 0.05) is 23.6 Å². The summed E-state index contributed by atoms with van der Waals surface area (Å²) in [6.45, 7) is 0.399. The van der Waals surface area contributed by atoms with Crippen LogP contribution in [-0.2, 0) is 6.54 Å². The molecule has 1 N–H and O–H groups in total. The Balaban J connectivity index is 1.63. The van der Waals surface area contributed by atoms with Gasteiger partial charge in [0.1, 0.15) is 5.56 Å². The van der Waals surface area contributed by atoms with Crippen LogP contribution in [0, 0.1) is 0 Å². The summed E-state index contributed by atoms with van der Waals surface area (Å²) in [6.07, 6.45) is 5.40. The molecule has 0 fully saturated rings. The number of hydrogen-bond donors (Lipinski definition) is 1. The summed E-state index contributed by atoms with van der Waals surface area (Å²) in [5, 5.41) is 3.39. The number of pyridine rings is 1. The molecule has 4 rings (SSSR count). The maximum Gasteiger partial charge on any atom is 0.263 e. The van der Waals surface area contributed by atoms with Gasteiger partial charge in [-0.05, 0) is 48.0 Å². The molecule has 1 amide bonds. The molecule has 0 saturated carbocycles. The molecule has 4 aromatic rings. The van der Waals surface area contributed by atoms with Gasteiger partial charge in [0.15, 0.2) is 0 Å². The zero-order valence-electron chi connectivity index (χ0n) is 15.5. The second-order valence-electron chi connectivity index (χ2n) is 6.55. The number of benzene rings is 2. The minimum Gasteiger partial charge on any atom is -0.322 e. The van der Waals surface area contributed by atoms with Crippen LogP contribution in [0.5, 0.6) is 0 Å². The molecule has 144 valence electrons. The van der Waals surface area contributed by atoms with E-state index in [4.69, 9.17) is 11.6 Å². The Hall–Kier alpha value is -3.57. The molecule has 0 bridgehead atoms. The fourth-order valence-corrected chi connectivity index (χ4v) is 3.29. The molecule has 0 spiro atoms. The molecular formula is C23H18ClN3O2. The molecule has 0 saturated heterocycles. The highest BCUT2D eigenvalue weighted by Crippen LogP contribution is 2.25. The van der Waals surface area contributed by atoms with Gasteiger partial charge >= 0.3 is 0 Å². The van der Waals surface area contributed by atoms with Crippen molar-refractivity contribution < 1.29 is 4.79 Å². The van der Waals surface area contributed by atoms with Crippen LogP contribution >= 0.6 is 11.6 Å². The third-order valence-corrected chi connectivity index (χ3v) is 4.79. The summed E-state index contributed by atoms with van der Waals surface area (Å²) in [5.41, 5.74) is 2.01. The molecular weight excluding hydrogens is 386 g/mol. The van der Waals surface area contributed by atoms with E-state index in [1.165, 1.54) is 10.6 Å². The lowest BCUT2D eigenvalue weighted by Gasteiger charge is -2.13. The van der Waals surface area contributed by atoms with Crippen molar-refractivity contribution in [3.8, 4) is 5.69 Å². The van der Waals surface area contributed by atoms with E-state index in [0.717, 1.165) is 11.3 Å². The van der Waals surface area contributed by atoms with E-state index in [2.05, 4.69) is 5.32 Å². The molecule has 0 atom stereocenters. The molecule has 0 aliphatic heterocycles. The zero-order valence-corrected chi connectivity index (χ0v) is 16.2. The molecule has 0 radical (unpaired) electrons. The van der Waals surface area contributed by atoms with E-state index in [1.807, 2.05) is 59.4 Å². The first-order valence-corrected chi connectivity index (χ1v) is 9.47. The van der Waals surface area contributed by atoms with Crippen molar-refractivity contribution in [3.05, 3.63) is 118 Å². The first-order valence-electron chi connectivity index (χ1n) is 9.09. The van der Waals surface area contributed by atoms with Crippen molar-refractivity contribution in [1.82, 2.24) is 9.13 Å². The first kappa shape index (κ1) is 18.8. The number of hydrogen-bond acceptors (Lipinski definition) is 2. The second-order valence-corrected chi connectivity index (χ2v) is 6.98. The topological polar surface area (TPSA) is 56.0 Å². The minimum atomic E-state index is -0.465. The summed E-state index contributed by atoms with van der Waals surface area (Å²) in [4.78, 5) is 25.7. The first-order chi connectivity index (χ1) is 14.1. The average Bonchev–Trinajstić information content (AvgIpc) is 3.26. The fourth-order valence-electron chi connectivity index (χ4n) is 3.12. The van der Waals surface area contributed by atoms with Crippen molar-refractivity contribution in [1.29, 1.82) is 0 Å². The number of halogens is 1. The molecule has 0 aliphatic carbocycles. The van der Waals surface area contributed by atoms with Crippen LogP contribution in [-0.4, -0.2) is 15.0 Å². The molecule has 29 heavy (non-hydrogen) atoms. The van der Waals surface area contributed by atoms with Crippen molar-refractivity contribution in [2.75, 3.05) is 5.32 Å². The normalized spacial score (nSPS) is 10.7. The largest absolute Gasteiger partial charge is 0.322 e. The Kier molecular flexibility index (Phi) is 5.31. The number of nitrogens with zero attached hydrogens (tertiary/aromatic N) is 2. The van der Waals surface area contributed by atoms with E-state index < -0.39 is 5.91 Å². The Bertz CT molecular complexity index is 1200. The van der Waals surface area contributed by atoms with Gasteiger partial charge in [-0.3, -0.25) is 9.59 Å². The number of nitrogens with one attached hydrogen (secondary N) is 1. The number of carbonyl (C=O) groups is 1. The molecule has 2 aromatic carbocycles. The highest BCUT2D eigenvalue weighted by Gasteiger charge is 2.15. The number of amides is 1. The molecule has 0 aliphatic rings. The Labute approximate surface area is 172 Å². The number of aromatic nitrogens is 2. The van der Waals surface area contributed by atoms with E-state index in [0.29, 0.717) is 17.3 Å². The SMILES string of the molecule is O=C(Nc1ccc(Cl)cc1-n1cccc1)c1cccn(Cc2ccccc2)c1=O. The molecule has 2 aromatic heterocycles. The lowest BCUT2D eigenvalue weighted by Crippen LogP contribution is -2.29. The summed E-state index contributed by atoms with van der Waals surface area (Å²) in [5.74, 6) is -0.465. The van der Waals surface area contributed by atoms with E-state index >= 15 is 0 Å². The van der Waals surface area contributed by atoms with Gasteiger partial charge in [0.2, 0.25) is 0 Å². The maximum atomic E-state index is 12.9. The van der Waals surface area contributed by atoms with Crippen LogP contribution in [0.1, 0.15) is 15.9 Å². The number of rotatable bonds is 5. The van der Waals surface area contributed by atoms with Gasteiger partial charge in [0.05, 0.1) is 17.9 Å². The van der Waals surface area contributed by atoms with Crippen LogP contribution in [0.4, 0.5) is 5.69 Å². The third kappa shape index (κ3) is 4.15. The summed E-state index contributed by atoms with van der Waals surface area (Å²) in [7, 11) is 0. The highest BCUT2D eigenvalue weighted by molar-refractivity contribution is 6.31. The molecule has 6 heteroatoms. The van der Waals surface area contributed by atoms with Gasteiger partial charge in [-0.25, -0.2) is 0 Å². The predicted octanol–water partition coefficient (Wildman–Crippen LogP) is 4.59.